The van der Waals surface area contributed by atoms with Gasteiger partial charge < -0.3 is 4.90 Å². The summed E-state index contributed by atoms with van der Waals surface area (Å²) in [6.45, 7) is 4.73. The summed E-state index contributed by atoms with van der Waals surface area (Å²) < 4.78 is 1.87. The van der Waals surface area contributed by atoms with E-state index in [-0.39, 0.29) is 11.2 Å². The predicted molar refractivity (Wildman–Crippen MR) is 96.2 cm³/mol. The Morgan fingerprint density at radius 1 is 1.36 bits per heavy atom. The first-order chi connectivity index (χ1) is 12.1. The molecule has 0 aliphatic heterocycles. The number of tetrazole rings is 1. The number of thioether (sulfide) groups is 1. The van der Waals surface area contributed by atoms with Crippen LogP contribution >= 0.6 is 11.8 Å². The molecule has 1 aromatic heterocycles. The van der Waals surface area contributed by atoms with Crippen LogP contribution in [0.15, 0.2) is 29.4 Å². The Kier molecular flexibility index (Phi) is 4.50. The lowest BCUT2D eigenvalue weighted by Gasteiger charge is -2.25. The van der Waals surface area contributed by atoms with Crippen molar-refractivity contribution in [3.05, 3.63) is 35.4 Å². The Hall–Kier alpha value is -1.89. The van der Waals surface area contributed by atoms with Crippen LogP contribution in [0.1, 0.15) is 49.8 Å². The van der Waals surface area contributed by atoms with Crippen LogP contribution < -0.4 is 0 Å². The third-order valence-corrected chi connectivity index (χ3v) is 5.73. The van der Waals surface area contributed by atoms with Gasteiger partial charge in [0.1, 0.15) is 0 Å². The largest absolute Gasteiger partial charge is 0.334 e. The van der Waals surface area contributed by atoms with Crippen LogP contribution in [0.4, 0.5) is 0 Å². The molecule has 0 N–H and O–H groups in total. The van der Waals surface area contributed by atoms with E-state index in [4.69, 9.17) is 0 Å². The molecule has 1 amide bonds. The first kappa shape index (κ1) is 16.6. The van der Waals surface area contributed by atoms with Gasteiger partial charge in [0.15, 0.2) is 0 Å². The van der Waals surface area contributed by atoms with Crippen LogP contribution in [0, 0.1) is 6.92 Å². The number of aromatic nitrogens is 4. The molecule has 2 aliphatic rings. The molecule has 1 unspecified atom stereocenters. The minimum absolute atomic E-state index is 0.180. The number of benzene rings is 1. The van der Waals surface area contributed by atoms with Gasteiger partial charge >= 0.3 is 0 Å². The third kappa shape index (κ3) is 3.86. The zero-order chi connectivity index (χ0) is 17.4. The van der Waals surface area contributed by atoms with Gasteiger partial charge in [0.2, 0.25) is 11.1 Å². The number of carbonyl (C=O) groups is 1. The van der Waals surface area contributed by atoms with Gasteiger partial charge in [-0.1, -0.05) is 41.6 Å². The average molecular weight is 357 g/mol. The minimum atomic E-state index is -0.186. The summed E-state index contributed by atoms with van der Waals surface area (Å²) in [5.74, 6) is 0.180. The van der Waals surface area contributed by atoms with Crippen LogP contribution in [-0.4, -0.2) is 42.3 Å². The number of nitrogens with zero attached hydrogens (tertiary/aromatic N) is 5. The molecule has 1 heterocycles. The van der Waals surface area contributed by atoms with E-state index in [9.17, 15) is 4.79 Å². The van der Waals surface area contributed by atoms with E-state index in [0.29, 0.717) is 18.6 Å². The first-order valence-electron chi connectivity index (χ1n) is 8.92. The Morgan fingerprint density at radius 2 is 2.16 bits per heavy atom. The van der Waals surface area contributed by atoms with Crippen molar-refractivity contribution < 1.29 is 4.79 Å². The van der Waals surface area contributed by atoms with Crippen LogP contribution in [0.2, 0.25) is 0 Å². The molecule has 2 aromatic rings. The van der Waals surface area contributed by atoms with E-state index in [1.54, 1.807) is 0 Å². The Labute approximate surface area is 152 Å². The molecule has 6 nitrogen and oxygen atoms in total. The maximum Gasteiger partial charge on any atom is 0.236 e. The van der Waals surface area contributed by atoms with Gasteiger partial charge in [0.25, 0.3) is 0 Å². The van der Waals surface area contributed by atoms with Gasteiger partial charge in [-0.2, -0.15) is 0 Å². The maximum absolute atomic E-state index is 13.1. The molecule has 0 bridgehead atoms. The number of carbonyl (C=O) groups excluding carboxylic acids is 1. The zero-order valence-electron chi connectivity index (χ0n) is 14.6. The van der Waals surface area contributed by atoms with E-state index in [0.717, 1.165) is 30.8 Å². The SMILES string of the molecule is Cc1cccc(CN(C(=O)C(C)Sc2nnnn2C2CC2)C2CC2)c1. The molecule has 2 aliphatic carbocycles. The summed E-state index contributed by atoms with van der Waals surface area (Å²) in [7, 11) is 0. The molecule has 25 heavy (non-hydrogen) atoms. The predicted octanol–water partition coefficient (Wildman–Crippen LogP) is 2.99. The summed E-state index contributed by atoms with van der Waals surface area (Å²) in [6, 6.07) is 9.21. The summed E-state index contributed by atoms with van der Waals surface area (Å²) >= 11 is 1.48. The van der Waals surface area contributed by atoms with Crippen molar-refractivity contribution in [2.75, 3.05) is 0 Å². The van der Waals surface area contributed by atoms with Gasteiger partial charge in [-0.3, -0.25) is 4.79 Å². The van der Waals surface area contributed by atoms with Crippen molar-refractivity contribution >= 4 is 17.7 Å². The van der Waals surface area contributed by atoms with Gasteiger partial charge in [0, 0.05) is 12.6 Å². The standard InChI is InChI=1S/C18H23N5OS/c1-12-4-3-5-14(10-12)11-22(15-6-7-15)17(24)13(2)25-18-19-20-21-23(18)16-8-9-16/h3-5,10,13,15-16H,6-9,11H2,1-2H3. The third-order valence-electron chi connectivity index (χ3n) is 4.69. The zero-order valence-corrected chi connectivity index (χ0v) is 15.4. The fourth-order valence-electron chi connectivity index (χ4n) is 3.03. The Bertz CT molecular complexity index is 768. The van der Waals surface area contributed by atoms with Gasteiger partial charge in [-0.05, 0) is 55.5 Å². The van der Waals surface area contributed by atoms with Crippen molar-refractivity contribution in [1.82, 2.24) is 25.1 Å². The van der Waals surface area contributed by atoms with E-state index >= 15 is 0 Å². The van der Waals surface area contributed by atoms with Crippen molar-refractivity contribution in [2.45, 2.75) is 68.6 Å². The molecule has 2 saturated carbocycles. The topological polar surface area (TPSA) is 63.9 Å². The number of rotatable bonds is 7. The fourth-order valence-corrected chi connectivity index (χ4v) is 3.96. The molecule has 0 spiro atoms. The lowest BCUT2D eigenvalue weighted by Crippen LogP contribution is -2.38. The summed E-state index contributed by atoms with van der Waals surface area (Å²) in [6.07, 6.45) is 4.47. The highest BCUT2D eigenvalue weighted by atomic mass is 32.2. The fraction of sp³-hybridized carbons (Fsp3) is 0.556. The molecule has 1 aromatic carbocycles. The van der Waals surface area contributed by atoms with Gasteiger partial charge in [0.05, 0.1) is 11.3 Å². The van der Waals surface area contributed by atoms with Crippen molar-refractivity contribution in [3.63, 3.8) is 0 Å². The second-order valence-corrected chi connectivity index (χ2v) is 8.39. The van der Waals surface area contributed by atoms with E-state index in [2.05, 4.69) is 46.7 Å². The van der Waals surface area contributed by atoms with E-state index < -0.39 is 0 Å². The van der Waals surface area contributed by atoms with Crippen LogP contribution in [0.3, 0.4) is 0 Å². The summed E-state index contributed by atoms with van der Waals surface area (Å²) in [5, 5.41) is 12.5. The quantitative estimate of drug-likeness (QED) is 0.713. The Balaban J connectivity index is 1.45. The molecular weight excluding hydrogens is 334 g/mol. The molecule has 7 heteroatoms. The van der Waals surface area contributed by atoms with Gasteiger partial charge in [-0.15, -0.1) is 5.10 Å². The van der Waals surface area contributed by atoms with E-state index in [1.807, 2.05) is 16.5 Å². The molecule has 0 saturated heterocycles. The highest BCUT2D eigenvalue weighted by Crippen LogP contribution is 2.38. The normalized spacial score (nSPS) is 18.2. The average Bonchev–Trinajstić information content (AvgIpc) is 3.51. The van der Waals surface area contributed by atoms with Crippen LogP contribution in [0.5, 0.6) is 0 Å². The summed E-state index contributed by atoms with van der Waals surface area (Å²) in [4.78, 5) is 15.1. The monoisotopic (exact) mass is 357 g/mol. The molecule has 4 rings (SSSR count). The highest BCUT2D eigenvalue weighted by molar-refractivity contribution is 8.00. The van der Waals surface area contributed by atoms with Crippen molar-refractivity contribution in [2.24, 2.45) is 0 Å². The molecule has 2 fully saturated rings. The molecule has 1 atom stereocenters. The van der Waals surface area contributed by atoms with Crippen molar-refractivity contribution in [3.8, 4) is 0 Å². The first-order valence-corrected chi connectivity index (χ1v) is 9.80. The number of hydrogen-bond acceptors (Lipinski definition) is 5. The van der Waals surface area contributed by atoms with Crippen LogP contribution in [-0.2, 0) is 11.3 Å². The maximum atomic E-state index is 13.1. The smallest absolute Gasteiger partial charge is 0.236 e. The number of amides is 1. The molecule has 132 valence electrons. The Morgan fingerprint density at radius 3 is 2.84 bits per heavy atom. The number of aryl methyl sites for hydroxylation is 1. The second kappa shape index (κ2) is 6.78. The minimum Gasteiger partial charge on any atom is -0.334 e. The van der Waals surface area contributed by atoms with Crippen LogP contribution in [0.25, 0.3) is 0 Å². The lowest BCUT2D eigenvalue weighted by atomic mass is 10.1. The number of hydrogen-bond donors (Lipinski definition) is 0. The summed E-state index contributed by atoms with van der Waals surface area (Å²) in [5.41, 5.74) is 2.42. The molecule has 0 radical (unpaired) electrons. The van der Waals surface area contributed by atoms with Gasteiger partial charge in [-0.25, -0.2) is 4.68 Å². The lowest BCUT2D eigenvalue weighted by molar-refractivity contribution is -0.131. The highest BCUT2D eigenvalue weighted by Gasteiger charge is 2.36. The van der Waals surface area contributed by atoms with E-state index in [1.165, 1.54) is 22.9 Å². The molecular formula is C18H23N5OS. The van der Waals surface area contributed by atoms with Crippen molar-refractivity contribution in [1.29, 1.82) is 0 Å². The second-order valence-electron chi connectivity index (χ2n) is 7.08.